The number of benzene rings is 1. The van der Waals surface area contributed by atoms with Gasteiger partial charge in [0.05, 0.1) is 6.54 Å². The normalized spacial score (nSPS) is 13.5. The summed E-state index contributed by atoms with van der Waals surface area (Å²) in [5, 5.41) is 3.26. The molecule has 23 heavy (non-hydrogen) atoms. The van der Waals surface area contributed by atoms with Gasteiger partial charge in [-0.3, -0.25) is 20.4 Å². The Balaban J connectivity index is 2.67. The molecular weight excluding hydrogens is 290 g/mol. The minimum atomic E-state index is -0.292. The maximum atomic E-state index is 11.7. The Bertz CT molecular complexity index is 512. The highest BCUT2D eigenvalue weighted by Crippen LogP contribution is 2.25. The van der Waals surface area contributed by atoms with Crippen LogP contribution in [0.4, 0.5) is 0 Å². The van der Waals surface area contributed by atoms with E-state index in [0.717, 1.165) is 6.42 Å². The second-order valence-electron chi connectivity index (χ2n) is 6.31. The van der Waals surface area contributed by atoms with Crippen LogP contribution in [0.1, 0.15) is 64.1 Å². The molecule has 0 saturated carbocycles. The molecule has 0 fully saturated rings. The van der Waals surface area contributed by atoms with Crippen molar-refractivity contribution in [1.29, 1.82) is 0 Å². The maximum Gasteiger partial charge on any atom is 0.252 e. The third kappa shape index (κ3) is 6.40. The van der Waals surface area contributed by atoms with Gasteiger partial charge in [0, 0.05) is 13.0 Å². The van der Waals surface area contributed by atoms with Crippen molar-refractivity contribution in [3.8, 4) is 0 Å². The van der Waals surface area contributed by atoms with E-state index in [1.807, 2.05) is 0 Å². The van der Waals surface area contributed by atoms with E-state index in [0.29, 0.717) is 11.8 Å². The summed E-state index contributed by atoms with van der Waals surface area (Å²) < 4.78 is 0. The second-order valence-corrected chi connectivity index (χ2v) is 6.31. The zero-order chi connectivity index (χ0) is 17.4. The van der Waals surface area contributed by atoms with Crippen LogP contribution < -0.4 is 16.2 Å². The third-order valence-electron chi connectivity index (χ3n) is 4.00. The van der Waals surface area contributed by atoms with Crippen molar-refractivity contribution in [2.45, 2.75) is 53.0 Å². The van der Waals surface area contributed by atoms with Gasteiger partial charge in [-0.25, -0.2) is 0 Å². The lowest BCUT2D eigenvalue weighted by Crippen LogP contribution is -2.45. The highest BCUT2D eigenvalue weighted by atomic mass is 16.2. The maximum absolute atomic E-state index is 11.7. The first-order valence-electron chi connectivity index (χ1n) is 8.23. The van der Waals surface area contributed by atoms with Crippen LogP contribution >= 0.6 is 0 Å². The fraction of sp³-hybridized carbons (Fsp3) is 0.556. The molecule has 0 heterocycles. The molecule has 128 valence electrons. The average Bonchev–Trinajstić information content (AvgIpc) is 2.52. The Labute approximate surface area is 139 Å². The van der Waals surface area contributed by atoms with E-state index < -0.39 is 0 Å². The summed E-state index contributed by atoms with van der Waals surface area (Å²) in [5.41, 5.74) is 7.15. The predicted octanol–water partition coefficient (Wildman–Crippen LogP) is 2.65. The highest BCUT2D eigenvalue weighted by molar-refractivity contribution is 5.81. The van der Waals surface area contributed by atoms with Crippen LogP contribution in [-0.2, 0) is 9.59 Å². The van der Waals surface area contributed by atoms with Gasteiger partial charge in [0.25, 0.3) is 5.91 Å². The zero-order valence-electron chi connectivity index (χ0n) is 14.8. The van der Waals surface area contributed by atoms with Crippen LogP contribution in [0.15, 0.2) is 24.3 Å². The second kappa shape index (κ2) is 9.30. The zero-order valence-corrected chi connectivity index (χ0v) is 14.8. The van der Waals surface area contributed by atoms with Gasteiger partial charge < -0.3 is 5.32 Å². The fourth-order valence-corrected chi connectivity index (χ4v) is 2.41. The molecule has 0 radical (unpaired) electrons. The van der Waals surface area contributed by atoms with Gasteiger partial charge in [-0.2, -0.15) is 0 Å². The minimum Gasteiger partial charge on any atom is -0.301 e. The van der Waals surface area contributed by atoms with Crippen molar-refractivity contribution in [3.63, 3.8) is 0 Å². The van der Waals surface area contributed by atoms with Gasteiger partial charge in [0.1, 0.15) is 0 Å². The molecule has 5 nitrogen and oxygen atoms in total. The minimum absolute atomic E-state index is 0.0871. The van der Waals surface area contributed by atoms with Crippen molar-refractivity contribution < 1.29 is 9.59 Å². The number of amides is 2. The SMILES string of the molecule is CC[C@H](C)c1ccc([C@@H](NCC(=O)NNC(C)=O)C(C)C)cc1. The number of rotatable bonds is 7. The van der Waals surface area contributed by atoms with E-state index in [9.17, 15) is 9.59 Å². The molecule has 5 heteroatoms. The standard InChI is InChI=1S/C18H29N3O2/c1-6-13(4)15-7-9-16(10-8-15)18(12(2)3)19-11-17(23)21-20-14(5)22/h7-10,12-13,18-19H,6,11H2,1-5H3,(H,20,22)(H,21,23)/t13-,18-/m0/s1. The molecule has 0 bridgehead atoms. The van der Waals surface area contributed by atoms with Gasteiger partial charge in [-0.05, 0) is 29.4 Å². The first-order chi connectivity index (χ1) is 10.8. The molecule has 0 aliphatic heterocycles. The number of hydrogen-bond donors (Lipinski definition) is 3. The van der Waals surface area contributed by atoms with Crippen LogP contribution in [0.5, 0.6) is 0 Å². The predicted molar refractivity (Wildman–Crippen MR) is 92.7 cm³/mol. The molecule has 3 N–H and O–H groups in total. The Morgan fingerprint density at radius 1 is 1.00 bits per heavy atom. The first kappa shape index (κ1) is 19.2. The number of carbonyl (C=O) groups excluding carboxylic acids is 2. The Morgan fingerprint density at radius 3 is 2.04 bits per heavy atom. The van der Waals surface area contributed by atoms with E-state index in [4.69, 9.17) is 0 Å². The fourth-order valence-electron chi connectivity index (χ4n) is 2.41. The molecule has 0 spiro atoms. The molecule has 0 aliphatic rings. The third-order valence-corrected chi connectivity index (χ3v) is 4.00. The molecular formula is C18H29N3O2. The Hall–Kier alpha value is -1.88. The molecule has 0 unspecified atom stereocenters. The largest absolute Gasteiger partial charge is 0.301 e. The lowest BCUT2D eigenvalue weighted by Gasteiger charge is -2.23. The molecule has 0 aliphatic carbocycles. The van der Waals surface area contributed by atoms with Crippen LogP contribution in [0.25, 0.3) is 0 Å². The van der Waals surface area contributed by atoms with Crippen molar-refractivity contribution in [3.05, 3.63) is 35.4 Å². The van der Waals surface area contributed by atoms with E-state index in [2.05, 4.69) is 68.1 Å². The van der Waals surface area contributed by atoms with Crippen LogP contribution in [0, 0.1) is 5.92 Å². The number of hydrogen-bond acceptors (Lipinski definition) is 3. The number of nitrogens with one attached hydrogen (secondary N) is 3. The molecule has 1 aromatic rings. The monoisotopic (exact) mass is 319 g/mol. The van der Waals surface area contributed by atoms with Crippen LogP contribution in [0.2, 0.25) is 0 Å². The van der Waals surface area contributed by atoms with Crippen LogP contribution in [0.3, 0.4) is 0 Å². The van der Waals surface area contributed by atoms with Gasteiger partial charge >= 0.3 is 0 Å². The van der Waals surface area contributed by atoms with Crippen molar-refractivity contribution in [2.75, 3.05) is 6.54 Å². The van der Waals surface area contributed by atoms with Gasteiger partial charge in [-0.15, -0.1) is 0 Å². The molecule has 2 atom stereocenters. The summed E-state index contributed by atoms with van der Waals surface area (Å²) in [5.74, 6) is 0.345. The van der Waals surface area contributed by atoms with Gasteiger partial charge in [0.15, 0.2) is 0 Å². The summed E-state index contributed by atoms with van der Waals surface area (Å²) >= 11 is 0. The Kier molecular flexibility index (Phi) is 7.75. The number of carbonyl (C=O) groups is 2. The summed E-state index contributed by atoms with van der Waals surface area (Å²) in [6, 6.07) is 8.68. The molecule has 2 amide bonds. The smallest absolute Gasteiger partial charge is 0.252 e. The van der Waals surface area contributed by atoms with Gasteiger partial charge in [0.2, 0.25) is 5.91 Å². The summed E-state index contributed by atoms with van der Waals surface area (Å²) in [4.78, 5) is 22.5. The lowest BCUT2D eigenvalue weighted by molar-refractivity contribution is -0.127. The Morgan fingerprint density at radius 2 is 1.57 bits per heavy atom. The summed E-state index contributed by atoms with van der Waals surface area (Å²) in [6.07, 6.45) is 1.12. The number of hydrazine groups is 1. The van der Waals surface area contributed by atoms with E-state index in [1.165, 1.54) is 18.1 Å². The van der Waals surface area contributed by atoms with E-state index >= 15 is 0 Å². The van der Waals surface area contributed by atoms with Crippen molar-refractivity contribution in [2.24, 2.45) is 5.92 Å². The lowest BCUT2D eigenvalue weighted by atomic mass is 9.92. The van der Waals surface area contributed by atoms with Crippen LogP contribution in [-0.4, -0.2) is 18.4 Å². The first-order valence-corrected chi connectivity index (χ1v) is 8.23. The molecule has 1 aromatic carbocycles. The van der Waals surface area contributed by atoms with Gasteiger partial charge in [-0.1, -0.05) is 52.0 Å². The van der Waals surface area contributed by atoms with Crippen molar-refractivity contribution >= 4 is 11.8 Å². The highest BCUT2D eigenvalue weighted by Gasteiger charge is 2.17. The van der Waals surface area contributed by atoms with E-state index in [-0.39, 0.29) is 24.4 Å². The topological polar surface area (TPSA) is 70.2 Å². The van der Waals surface area contributed by atoms with Crippen molar-refractivity contribution in [1.82, 2.24) is 16.2 Å². The quantitative estimate of drug-likeness (QED) is 0.677. The molecule has 1 rings (SSSR count). The average molecular weight is 319 g/mol. The summed E-state index contributed by atoms with van der Waals surface area (Å²) in [7, 11) is 0. The van der Waals surface area contributed by atoms with E-state index in [1.54, 1.807) is 0 Å². The molecule has 0 aromatic heterocycles. The summed E-state index contributed by atoms with van der Waals surface area (Å²) in [6.45, 7) is 10.1. The molecule has 0 saturated heterocycles.